The third-order valence-electron chi connectivity index (χ3n) is 1.20. The van der Waals surface area contributed by atoms with E-state index in [0.717, 1.165) is 0 Å². The maximum Gasteiger partial charge on any atom is 0.137 e. The van der Waals surface area contributed by atoms with Crippen LogP contribution in [-0.4, -0.2) is 33.5 Å². The summed E-state index contributed by atoms with van der Waals surface area (Å²) in [5.41, 5.74) is 0. The molecule has 0 spiro atoms. The van der Waals surface area contributed by atoms with Crippen molar-refractivity contribution in [2.45, 2.75) is 33.5 Å². The first-order valence-electron chi connectivity index (χ1n) is 4.53. The van der Waals surface area contributed by atoms with E-state index in [0.29, 0.717) is 0 Å². The van der Waals surface area contributed by atoms with E-state index in [-0.39, 0.29) is 38.4 Å². The van der Waals surface area contributed by atoms with Crippen LogP contribution in [0.25, 0.3) is 0 Å². The summed E-state index contributed by atoms with van der Waals surface area (Å²) < 4.78 is 0. The van der Waals surface area contributed by atoms with Gasteiger partial charge in [0.2, 0.25) is 0 Å². The van der Waals surface area contributed by atoms with Crippen molar-refractivity contribution in [2.75, 3.05) is 0 Å². The van der Waals surface area contributed by atoms with Crippen molar-refractivity contribution in [3.05, 3.63) is 0 Å². The van der Waals surface area contributed by atoms with Crippen LogP contribution in [0.2, 0.25) is 6.32 Å². The van der Waals surface area contributed by atoms with Gasteiger partial charge in [-0.1, -0.05) is 13.2 Å². The number of carbonyl (C=O) groups is 2. The van der Waals surface area contributed by atoms with Crippen LogP contribution in [0.4, 0.5) is 0 Å². The van der Waals surface area contributed by atoms with Crippen LogP contribution in [0.3, 0.4) is 0 Å². The van der Waals surface area contributed by atoms with Gasteiger partial charge in [-0.2, -0.15) is 0 Å². The fourth-order valence-electron chi connectivity index (χ4n) is 0.704. The Hall–Kier alpha value is 0.197. The van der Waals surface area contributed by atoms with Gasteiger partial charge in [0.05, 0.1) is 28.4 Å². The smallest absolute Gasteiger partial charge is 0.137 e. The molecule has 0 saturated carbocycles. The molecule has 0 bridgehead atoms. The van der Waals surface area contributed by atoms with Gasteiger partial charge in [0.15, 0.2) is 0 Å². The van der Waals surface area contributed by atoms with Gasteiger partial charge in [-0.25, -0.2) is 0 Å². The molecule has 1 radical (unpaired) electrons. The molecule has 0 aliphatic carbocycles. The molecular formula is C7H17B3O2Re. The molecule has 0 amide bonds. The largest absolute Gasteiger partial charge is 0.300 e. The fraction of sp³-hybridized carbons (Fsp3) is 0.714. The van der Waals surface area contributed by atoms with Crippen LogP contribution in [-0.2, 0) is 30.0 Å². The van der Waals surface area contributed by atoms with Crippen molar-refractivity contribution >= 4 is 33.5 Å². The monoisotopic (exact) mass is 353 g/mol. The van der Waals surface area contributed by atoms with Crippen molar-refractivity contribution in [1.82, 2.24) is 0 Å². The van der Waals surface area contributed by atoms with Crippen LogP contribution in [0.5, 0.6) is 0 Å². The summed E-state index contributed by atoms with van der Waals surface area (Å²) in [5.74, 6) is -0.125. The van der Waals surface area contributed by atoms with E-state index in [1.54, 1.807) is 0 Å². The van der Waals surface area contributed by atoms with Gasteiger partial charge < -0.3 is 0 Å². The molecule has 0 rings (SSSR count). The van der Waals surface area contributed by atoms with Crippen molar-refractivity contribution in [1.29, 1.82) is 0 Å². The minimum absolute atomic E-state index is 0. The molecule has 0 aromatic carbocycles. The van der Waals surface area contributed by atoms with Gasteiger partial charge in [-0.15, -0.1) is 0 Å². The Bertz CT molecular complexity index is 128. The average molecular weight is 352 g/mol. The van der Waals surface area contributed by atoms with Crippen molar-refractivity contribution in [2.24, 2.45) is 0 Å². The zero-order chi connectivity index (χ0) is 9.98. The quantitative estimate of drug-likeness (QED) is 0.496. The van der Waals surface area contributed by atoms with Crippen molar-refractivity contribution in [3.63, 3.8) is 0 Å². The van der Waals surface area contributed by atoms with Crippen LogP contribution in [0.15, 0.2) is 0 Å². The molecule has 0 saturated heterocycles. The summed E-state index contributed by atoms with van der Waals surface area (Å²) in [6.45, 7) is 5.02. The first-order chi connectivity index (χ1) is 5.54. The Morgan fingerprint density at radius 1 is 1.23 bits per heavy atom. The number of Topliss-reactive ketones (excluding diaryl/α,β-unsaturated/α-hetero) is 2. The van der Waals surface area contributed by atoms with Crippen LogP contribution < -0.4 is 0 Å². The maximum absolute atomic E-state index is 10.0. The predicted octanol–water partition coefficient (Wildman–Crippen LogP) is -0.687. The summed E-state index contributed by atoms with van der Waals surface area (Å²) in [6.07, 6.45) is 1.43. The molecule has 0 atom stereocenters. The molecule has 0 unspecified atom stereocenters. The summed E-state index contributed by atoms with van der Waals surface area (Å²) in [5, 5.41) is 0. The van der Waals surface area contributed by atoms with Gasteiger partial charge >= 0.3 is 0 Å². The number of carbonyl (C=O) groups excluding carboxylic acids is 2. The van der Waals surface area contributed by atoms with Gasteiger partial charge in [0, 0.05) is 20.4 Å². The molecule has 13 heavy (non-hydrogen) atoms. The second-order valence-electron chi connectivity index (χ2n) is 2.93. The van der Waals surface area contributed by atoms with E-state index in [9.17, 15) is 9.59 Å². The molecule has 0 aliphatic rings. The minimum Gasteiger partial charge on any atom is -0.300 e. The Balaban J connectivity index is -0.000000150. The zero-order valence-corrected chi connectivity index (χ0v) is 11.7. The van der Waals surface area contributed by atoms with E-state index in [1.165, 1.54) is 34.4 Å². The van der Waals surface area contributed by atoms with Crippen molar-refractivity contribution < 1.29 is 30.0 Å². The van der Waals surface area contributed by atoms with Crippen LogP contribution in [0, 0.1) is 0 Å². The van der Waals surface area contributed by atoms with Crippen molar-refractivity contribution in [3.8, 4) is 0 Å². The number of hydrogen-bond donors (Lipinski definition) is 0. The molecule has 0 aliphatic heterocycles. The molecular weight excluding hydrogens is 335 g/mol. The van der Waals surface area contributed by atoms with Gasteiger partial charge in [0.25, 0.3) is 0 Å². The first-order valence-corrected chi connectivity index (χ1v) is 4.53. The second kappa shape index (κ2) is 14.7. The average Bonchev–Trinajstić information content (AvgIpc) is 1.87. The molecule has 73 valence electrons. The fourth-order valence-corrected chi connectivity index (χ4v) is 0.704. The summed E-state index contributed by atoms with van der Waals surface area (Å²) in [4.78, 5) is 20.1. The summed E-state index contributed by atoms with van der Waals surface area (Å²) in [7, 11) is 4.94. The third-order valence-corrected chi connectivity index (χ3v) is 1.20. The Labute approximate surface area is 97.1 Å². The van der Waals surface area contributed by atoms with Gasteiger partial charge in [0.1, 0.15) is 11.6 Å². The van der Waals surface area contributed by atoms with E-state index in [1.807, 2.05) is 0 Å². The molecule has 0 fully saturated rings. The summed E-state index contributed by atoms with van der Waals surface area (Å²) >= 11 is 0. The number of rotatable bonds is 4. The molecule has 0 heterocycles. The second-order valence-corrected chi connectivity index (χ2v) is 2.93. The topological polar surface area (TPSA) is 34.1 Å². The Kier molecular flexibility index (Phi) is 21.4. The zero-order valence-electron chi connectivity index (χ0n) is 9.02. The Morgan fingerprint density at radius 2 is 1.62 bits per heavy atom. The van der Waals surface area contributed by atoms with E-state index in [4.69, 9.17) is 0 Å². The molecule has 0 aromatic rings. The number of hydrogen-bond acceptors (Lipinski definition) is 2. The predicted molar refractivity (Wildman–Crippen MR) is 59.3 cm³/mol. The van der Waals surface area contributed by atoms with E-state index < -0.39 is 0 Å². The minimum atomic E-state index is -0.0625. The van der Waals surface area contributed by atoms with Crippen LogP contribution >= 0.6 is 0 Å². The Morgan fingerprint density at radius 3 is 1.62 bits per heavy atom. The third kappa shape index (κ3) is 33.0. The molecule has 0 N–H and O–H groups in total. The SMILES string of the molecule is BBBCC.CC(=O)CC(C)=O.[Re]. The first kappa shape index (κ1) is 18.9. The standard InChI is InChI=1S/C5H8O2.C2H9B3.Re/c1-4(6)3-5(2)7;1-2-4-5-3;/h3H2,1-2H3;4-5H,2-3H2,1H3;. The van der Waals surface area contributed by atoms with E-state index in [2.05, 4.69) is 14.7 Å². The number of ketones is 2. The molecule has 2 nitrogen and oxygen atoms in total. The van der Waals surface area contributed by atoms with Crippen LogP contribution in [0.1, 0.15) is 27.2 Å². The summed E-state index contributed by atoms with van der Waals surface area (Å²) in [6, 6.07) is 0. The van der Waals surface area contributed by atoms with Gasteiger partial charge in [-0.3, -0.25) is 9.59 Å². The molecule has 6 heteroatoms. The van der Waals surface area contributed by atoms with Gasteiger partial charge in [-0.05, 0) is 13.8 Å². The molecule has 0 aromatic heterocycles. The normalized spacial score (nSPS) is 7.00. The van der Waals surface area contributed by atoms with E-state index >= 15 is 0 Å². The maximum atomic E-state index is 10.0.